The molecule has 12 heteroatoms. The molecule has 12 nitrogen and oxygen atoms in total. The number of aliphatic imine (C=N–C) groups is 1. The number of benzene rings is 4. The van der Waals surface area contributed by atoms with Crippen molar-refractivity contribution in [2.24, 2.45) is 4.99 Å². The minimum atomic E-state index is -0.668. The van der Waals surface area contributed by atoms with Crippen LogP contribution < -0.4 is 25.8 Å². The van der Waals surface area contributed by atoms with Crippen LogP contribution in [0.15, 0.2) is 127 Å². The topological polar surface area (TPSA) is 145 Å². The number of benzodiazepines with no additional fused rings is 1. The Morgan fingerprint density at radius 3 is 2.38 bits per heavy atom. The van der Waals surface area contributed by atoms with E-state index in [1.165, 1.54) is 4.90 Å². The number of aromatic nitrogens is 3. The molecule has 0 bridgehead atoms. The van der Waals surface area contributed by atoms with E-state index in [1.54, 1.807) is 48.6 Å². The molecule has 2 aliphatic rings. The van der Waals surface area contributed by atoms with Crippen molar-refractivity contribution in [1.82, 2.24) is 15.0 Å². The fourth-order valence-electron chi connectivity index (χ4n) is 6.71. The van der Waals surface area contributed by atoms with E-state index in [4.69, 9.17) is 4.99 Å². The summed E-state index contributed by atoms with van der Waals surface area (Å²) < 4.78 is 0. The fraction of sp³-hybridized carbons (Fsp3) is 0.140. The van der Waals surface area contributed by atoms with Crippen LogP contribution in [0.25, 0.3) is 0 Å². The van der Waals surface area contributed by atoms with E-state index < -0.39 is 6.04 Å². The molecule has 0 fully saturated rings. The predicted molar refractivity (Wildman–Crippen MR) is 214 cm³/mol. The van der Waals surface area contributed by atoms with Crippen molar-refractivity contribution >= 4 is 58.1 Å². The molecule has 4 aromatic carbocycles. The zero-order valence-electron chi connectivity index (χ0n) is 30.4. The van der Waals surface area contributed by atoms with Gasteiger partial charge in [0.1, 0.15) is 11.9 Å². The molecule has 272 valence electrons. The van der Waals surface area contributed by atoms with Crippen LogP contribution in [0, 0.1) is 13.8 Å². The van der Waals surface area contributed by atoms with E-state index in [-0.39, 0.29) is 24.4 Å². The maximum atomic E-state index is 13.8. The first kappa shape index (κ1) is 34.9. The van der Waals surface area contributed by atoms with Gasteiger partial charge in [-0.05, 0) is 67.4 Å². The van der Waals surface area contributed by atoms with Gasteiger partial charge in [0, 0.05) is 53.3 Å². The quantitative estimate of drug-likeness (QED) is 0.148. The van der Waals surface area contributed by atoms with Crippen LogP contribution in [0.3, 0.4) is 0 Å². The number of hydrogen-bond acceptors (Lipinski definition) is 8. The number of rotatable bonds is 8. The molecule has 0 unspecified atom stereocenters. The molecule has 0 saturated heterocycles. The zero-order valence-corrected chi connectivity index (χ0v) is 30.4. The summed E-state index contributed by atoms with van der Waals surface area (Å²) in [5.41, 5.74) is 8.48. The van der Waals surface area contributed by atoms with Crippen LogP contribution >= 0.6 is 0 Å². The summed E-state index contributed by atoms with van der Waals surface area (Å²) in [5, 5.41) is 9.18. The molecule has 6 aromatic rings. The number of aryl methyl sites for hydroxylation is 2. The molecule has 1 atom stereocenters. The lowest BCUT2D eigenvalue weighted by atomic mass is 9.98. The Morgan fingerprint density at radius 1 is 0.855 bits per heavy atom. The van der Waals surface area contributed by atoms with E-state index in [1.807, 2.05) is 98.8 Å². The van der Waals surface area contributed by atoms with Gasteiger partial charge in [0.05, 0.1) is 35.5 Å². The second-order valence-electron chi connectivity index (χ2n) is 13.5. The van der Waals surface area contributed by atoms with E-state index >= 15 is 0 Å². The van der Waals surface area contributed by atoms with E-state index in [0.29, 0.717) is 46.5 Å². The number of amides is 4. The monoisotopic (exact) mass is 727 g/mol. The van der Waals surface area contributed by atoms with Crippen molar-refractivity contribution in [2.75, 3.05) is 32.8 Å². The molecule has 0 saturated carbocycles. The van der Waals surface area contributed by atoms with Gasteiger partial charge in [0.2, 0.25) is 11.9 Å². The number of nitrogens with zero attached hydrogens (tertiary/aromatic N) is 6. The lowest BCUT2D eigenvalue weighted by Gasteiger charge is -2.35. The van der Waals surface area contributed by atoms with Crippen LogP contribution in [-0.2, 0) is 17.8 Å². The van der Waals surface area contributed by atoms with E-state index in [0.717, 1.165) is 39.2 Å². The number of urea groups is 1. The summed E-state index contributed by atoms with van der Waals surface area (Å²) in [5.74, 6) is 0.227. The van der Waals surface area contributed by atoms with Crippen molar-refractivity contribution in [3.63, 3.8) is 0 Å². The Hall–Kier alpha value is -7.21. The number of pyridine rings is 1. The van der Waals surface area contributed by atoms with Crippen LogP contribution in [0.5, 0.6) is 0 Å². The van der Waals surface area contributed by atoms with Gasteiger partial charge in [-0.3, -0.25) is 29.4 Å². The SMILES string of the molecule is Cc1ccc(Nc2ncc3c(n2)N(C)C(=O)N(c2cc(NC(=O)c4ccc5c(c4)NC(=O)[C@H](Cc4ccccc4)N=C5c4ccccc4)ccc2C)C3)cn1. The van der Waals surface area contributed by atoms with Crippen LogP contribution in [-0.4, -0.2) is 51.6 Å². The van der Waals surface area contributed by atoms with Crippen LogP contribution in [0.1, 0.15) is 43.9 Å². The van der Waals surface area contributed by atoms with Gasteiger partial charge in [0.25, 0.3) is 5.91 Å². The van der Waals surface area contributed by atoms with Gasteiger partial charge in [-0.15, -0.1) is 0 Å². The Kier molecular flexibility index (Phi) is 9.29. The van der Waals surface area contributed by atoms with Gasteiger partial charge in [-0.2, -0.15) is 4.98 Å². The van der Waals surface area contributed by atoms with Crippen molar-refractivity contribution in [2.45, 2.75) is 32.9 Å². The van der Waals surface area contributed by atoms with Gasteiger partial charge >= 0.3 is 6.03 Å². The first-order valence-electron chi connectivity index (χ1n) is 17.9. The normalized spacial score (nSPS) is 15.0. The smallest absolute Gasteiger partial charge is 0.324 e. The standard InChI is InChI=1S/C43H37N9O3/c1-26-14-17-32(22-37(26)52-25-31-23-45-42(50-39(31)51(3)43(52)55)47-33-18-15-27(2)44-24-33)46-40(53)30-16-19-34-35(21-30)49-41(54)36(20-28-10-6-4-7-11-28)48-38(34)29-12-8-5-9-13-29/h4-19,21-24,36H,20,25H2,1-3H3,(H,46,53)(H,49,54)(H,45,47,50)/t36-/m0/s1. The highest BCUT2D eigenvalue weighted by atomic mass is 16.2. The molecule has 8 rings (SSSR count). The Labute approximate surface area is 318 Å². The van der Waals surface area contributed by atoms with Crippen LogP contribution in [0.4, 0.5) is 39.3 Å². The highest BCUT2D eigenvalue weighted by Gasteiger charge is 2.32. The molecule has 0 radical (unpaired) electrons. The van der Waals surface area contributed by atoms with E-state index in [2.05, 4.69) is 30.9 Å². The third kappa shape index (κ3) is 7.25. The zero-order chi connectivity index (χ0) is 38.1. The second-order valence-corrected chi connectivity index (χ2v) is 13.5. The summed E-state index contributed by atoms with van der Waals surface area (Å²) in [6.07, 6.45) is 3.84. The molecular formula is C43H37N9O3. The summed E-state index contributed by atoms with van der Waals surface area (Å²) in [7, 11) is 1.67. The fourth-order valence-corrected chi connectivity index (χ4v) is 6.71. The minimum absolute atomic E-state index is 0.240. The molecule has 2 aromatic heterocycles. The Bertz CT molecular complexity index is 2470. The third-order valence-electron chi connectivity index (χ3n) is 9.63. The first-order valence-corrected chi connectivity index (χ1v) is 17.9. The van der Waals surface area contributed by atoms with E-state index in [9.17, 15) is 14.4 Å². The molecule has 0 spiro atoms. The number of carbonyl (C=O) groups is 3. The first-order chi connectivity index (χ1) is 26.7. The number of carbonyl (C=O) groups excluding carboxylic acids is 3. The van der Waals surface area contributed by atoms with Gasteiger partial charge in [0.15, 0.2) is 0 Å². The highest BCUT2D eigenvalue weighted by Crippen LogP contribution is 2.34. The predicted octanol–water partition coefficient (Wildman–Crippen LogP) is 7.46. The maximum Gasteiger partial charge on any atom is 0.330 e. The Balaban J connectivity index is 1.03. The average molecular weight is 728 g/mol. The Morgan fingerprint density at radius 2 is 1.62 bits per heavy atom. The van der Waals surface area contributed by atoms with Crippen LogP contribution in [0.2, 0.25) is 0 Å². The van der Waals surface area contributed by atoms with Gasteiger partial charge in [-0.1, -0.05) is 66.7 Å². The number of fused-ring (bicyclic) bond motifs is 2. The van der Waals surface area contributed by atoms with Crippen molar-refractivity contribution in [3.05, 3.63) is 161 Å². The summed E-state index contributed by atoms with van der Waals surface area (Å²) >= 11 is 0. The average Bonchev–Trinajstić information content (AvgIpc) is 3.34. The molecular weight excluding hydrogens is 691 g/mol. The minimum Gasteiger partial charge on any atom is -0.324 e. The largest absolute Gasteiger partial charge is 0.330 e. The maximum absolute atomic E-state index is 13.8. The van der Waals surface area contributed by atoms with Gasteiger partial charge < -0.3 is 16.0 Å². The van der Waals surface area contributed by atoms with Crippen molar-refractivity contribution in [1.29, 1.82) is 0 Å². The number of hydrogen-bond donors (Lipinski definition) is 3. The second kappa shape index (κ2) is 14.7. The molecule has 3 N–H and O–H groups in total. The molecule has 55 heavy (non-hydrogen) atoms. The summed E-state index contributed by atoms with van der Waals surface area (Å²) in [4.78, 5) is 62.7. The molecule has 4 heterocycles. The molecule has 0 aliphatic carbocycles. The third-order valence-corrected chi connectivity index (χ3v) is 9.63. The lowest BCUT2D eigenvalue weighted by Crippen LogP contribution is -2.46. The molecule has 4 amide bonds. The number of anilines is 6. The summed E-state index contributed by atoms with van der Waals surface area (Å²) in [6, 6.07) is 33.0. The van der Waals surface area contributed by atoms with Crippen molar-refractivity contribution in [3.8, 4) is 0 Å². The highest BCUT2D eigenvalue weighted by molar-refractivity contribution is 6.20. The summed E-state index contributed by atoms with van der Waals surface area (Å²) in [6.45, 7) is 4.06. The number of nitrogens with one attached hydrogen (secondary N) is 3. The van der Waals surface area contributed by atoms with Gasteiger partial charge in [-0.25, -0.2) is 9.78 Å². The van der Waals surface area contributed by atoms with Crippen molar-refractivity contribution < 1.29 is 14.4 Å². The lowest BCUT2D eigenvalue weighted by molar-refractivity contribution is -0.117. The molecule has 2 aliphatic heterocycles.